The number of benzene rings is 2. The molecule has 0 aliphatic carbocycles. The van der Waals surface area contributed by atoms with E-state index in [-0.39, 0.29) is 6.04 Å². The lowest BCUT2D eigenvalue weighted by Crippen LogP contribution is -2.44. The fourth-order valence-corrected chi connectivity index (χ4v) is 3.48. The number of carboxylic acid groups (broad SMARTS) is 1. The quantitative estimate of drug-likeness (QED) is 0.693. The third-order valence-electron chi connectivity index (χ3n) is 4.64. The number of aliphatic carboxylic acids is 1. The molecule has 0 fully saturated rings. The van der Waals surface area contributed by atoms with Gasteiger partial charge in [0.2, 0.25) is 0 Å². The number of rotatable bonds is 3. The van der Waals surface area contributed by atoms with Crippen molar-refractivity contribution in [2.24, 2.45) is 0 Å². The van der Waals surface area contributed by atoms with Crippen LogP contribution in [0.3, 0.4) is 0 Å². The van der Waals surface area contributed by atoms with Gasteiger partial charge in [-0.1, -0.05) is 30.3 Å². The predicted molar refractivity (Wildman–Crippen MR) is 91.4 cm³/mol. The van der Waals surface area contributed by atoms with E-state index in [9.17, 15) is 9.90 Å². The van der Waals surface area contributed by atoms with Gasteiger partial charge in [-0.05, 0) is 29.3 Å². The number of carbonyl (C=O) groups is 1. The minimum Gasteiger partial charge on any atom is -0.497 e. The molecule has 2 atom stereocenters. The number of carboxylic acids is 1. The van der Waals surface area contributed by atoms with Crippen molar-refractivity contribution in [2.45, 2.75) is 18.5 Å². The van der Waals surface area contributed by atoms with E-state index in [1.54, 1.807) is 7.11 Å². The summed E-state index contributed by atoms with van der Waals surface area (Å²) in [5.74, 6) is -0.0803. The van der Waals surface area contributed by atoms with Crippen molar-refractivity contribution in [1.82, 2.24) is 10.3 Å². The van der Waals surface area contributed by atoms with Crippen molar-refractivity contribution in [3.63, 3.8) is 0 Å². The van der Waals surface area contributed by atoms with Gasteiger partial charge in [0.1, 0.15) is 11.8 Å². The molecule has 2 heterocycles. The highest BCUT2D eigenvalue weighted by Crippen LogP contribution is 2.35. The average Bonchev–Trinajstić information content (AvgIpc) is 2.99. The topological polar surface area (TPSA) is 74.3 Å². The molecular weight excluding hydrogens is 304 g/mol. The Morgan fingerprint density at radius 3 is 2.83 bits per heavy atom. The average molecular weight is 322 g/mol. The maximum Gasteiger partial charge on any atom is 0.321 e. The van der Waals surface area contributed by atoms with Crippen molar-refractivity contribution in [3.05, 3.63) is 65.4 Å². The Labute approximate surface area is 139 Å². The number of ether oxygens (including phenoxy) is 1. The molecule has 122 valence electrons. The van der Waals surface area contributed by atoms with E-state index in [0.29, 0.717) is 6.42 Å². The van der Waals surface area contributed by atoms with Crippen LogP contribution in [-0.4, -0.2) is 29.2 Å². The van der Waals surface area contributed by atoms with Gasteiger partial charge in [-0.3, -0.25) is 10.1 Å². The Hall–Kier alpha value is -2.79. The van der Waals surface area contributed by atoms with Crippen molar-refractivity contribution >= 4 is 16.9 Å². The molecule has 0 bridgehead atoms. The lowest BCUT2D eigenvalue weighted by molar-refractivity contribution is -0.139. The number of aromatic amines is 1. The Morgan fingerprint density at radius 1 is 1.21 bits per heavy atom. The van der Waals surface area contributed by atoms with Crippen molar-refractivity contribution in [1.29, 1.82) is 0 Å². The van der Waals surface area contributed by atoms with Gasteiger partial charge in [0.05, 0.1) is 13.2 Å². The number of para-hydroxylation sites is 1. The van der Waals surface area contributed by atoms with Gasteiger partial charge in [-0.15, -0.1) is 0 Å². The molecule has 4 rings (SSSR count). The van der Waals surface area contributed by atoms with E-state index in [1.165, 1.54) is 0 Å². The summed E-state index contributed by atoms with van der Waals surface area (Å²) in [5.41, 5.74) is 4.11. The van der Waals surface area contributed by atoms with Crippen LogP contribution in [0.15, 0.2) is 48.5 Å². The lowest BCUT2D eigenvalue weighted by atomic mass is 9.90. The zero-order valence-electron chi connectivity index (χ0n) is 13.2. The van der Waals surface area contributed by atoms with E-state index in [4.69, 9.17) is 4.74 Å². The van der Waals surface area contributed by atoms with E-state index in [0.717, 1.165) is 33.5 Å². The lowest BCUT2D eigenvalue weighted by Gasteiger charge is -2.29. The predicted octanol–water partition coefficient (Wildman–Crippen LogP) is 2.86. The zero-order chi connectivity index (χ0) is 16.7. The molecule has 0 amide bonds. The molecule has 5 nitrogen and oxygen atoms in total. The number of fused-ring (bicyclic) bond motifs is 3. The standard InChI is InChI=1S/C19H18N2O3/c1-24-12-6-4-5-11(9-12)17-18-14(10-16(21-17)19(22)23)13-7-2-3-8-15(13)20-18/h2-9,16-17,20-21H,10H2,1H3,(H,22,23)/t16-,17+/m0/s1. The Bertz CT molecular complexity index is 916. The van der Waals surface area contributed by atoms with Gasteiger partial charge in [0, 0.05) is 23.0 Å². The summed E-state index contributed by atoms with van der Waals surface area (Å²) in [6, 6.07) is 14.9. The second-order valence-corrected chi connectivity index (χ2v) is 6.03. The van der Waals surface area contributed by atoms with Gasteiger partial charge in [0.15, 0.2) is 0 Å². The third kappa shape index (κ3) is 2.34. The number of nitrogens with one attached hydrogen (secondary N) is 2. The maximum absolute atomic E-state index is 11.6. The molecular formula is C19H18N2O3. The first kappa shape index (κ1) is 14.8. The number of methoxy groups -OCH3 is 1. The van der Waals surface area contributed by atoms with Gasteiger partial charge >= 0.3 is 5.97 Å². The first-order chi connectivity index (χ1) is 11.7. The van der Waals surface area contributed by atoms with Crippen LogP contribution >= 0.6 is 0 Å². The summed E-state index contributed by atoms with van der Waals surface area (Å²) >= 11 is 0. The van der Waals surface area contributed by atoms with Gasteiger partial charge in [-0.2, -0.15) is 0 Å². The molecule has 0 radical (unpaired) electrons. The minimum atomic E-state index is -0.834. The zero-order valence-corrected chi connectivity index (χ0v) is 13.2. The van der Waals surface area contributed by atoms with E-state index in [2.05, 4.69) is 10.3 Å². The summed E-state index contributed by atoms with van der Waals surface area (Å²) in [4.78, 5) is 15.1. The Morgan fingerprint density at radius 2 is 2.04 bits per heavy atom. The molecule has 2 aromatic carbocycles. The van der Waals surface area contributed by atoms with Crippen LogP contribution in [0.1, 0.15) is 22.9 Å². The van der Waals surface area contributed by atoms with Gasteiger partial charge in [0.25, 0.3) is 0 Å². The van der Waals surface area contributed by atoms with Crippen LogP contribution in [0.5, 0.6) is 5.75 Å². The minimum absolute atomic E-state index is 0.211. The van der Waals surface area contributed by atoms with Crippen LogP contribution < -0.4 is 10.1 Å². The molecule has 0 saturated carbocycles. The Balaban J connectivity index is 1.89. The summed E-state index contributed by atoms with van der Waals surface area (Å²) in [6.45, 7) is 0. The second-order valence-electron chi connectivity index (χ2n) is 6.03. The van der Waals surface area contributed by atoms with E-state index in [1.807, 2.05) is 48.5 Å². The molecule has 0 saturated heterocycles. The second kappa shape index (κ2) is 5.69. The summed E-state index contributed by atoms with van der Waals surface area (Å²) in [5, 5.41) is 13.9. The Kier molecular flexibility index (Phi) is 3.50. The first-order valence-electron chi connectivity index (χ1n) is 7.89. The molecule has 1 aromatic heterocycles. The number of hydrogen-bond donors (Lipinski definition) is 3. The van der Waals surface area contributed by atoms with Crippen LogP contribution in [0.4, 0.5) is 0 Å². The molecule has 0 spiro atoms. The van der Waals surface area contributed by atoms with Crippen molar-refractivity contribution in [2.75, 3.05) is 7.11 Å². The SMILES string of the molecule is COc1cccc([C@H]2N[C@H](C(=O)O)Cc3c2[nH]c2ccccc32)c1. The van der Waals surface area contributed by atoms with Crippen LogP contribution in [0, 0.1) is 0 Å². The number of aromatic nitrogens is 1. The monoisotopic (exact) mass is 322 g/mol. The van der Waals surface area contributed by atoms with Crippen molar-refractivity contribution < 1.29 is 14.6 Å². The fraction of sp³-hybridized carbons (Fsp3) is 0.211. The van der Waals surface area contributed by atoms with Crippen LogP contribution in [-0.2, 0) is 11.2 Å². The highest BCUT2D eigenvalue weighted by Gasteiger charge is 2.33. The van der Waals surface area contributed by atoms with Crippen molar-refractivity contribution in [3.8, 4) is 5.75 Å². The highest BCUT2D eigenvalue weighted by molar-refractivity contribution is 5.87. The summed E-state index contributed by atoms with van der Waals surface area (Å²) in [6.07, 6.45) is 0.467. The molecule has 1 aliphatic rings. The molecule has 24 heavy (non-hydrogen) atoms. The van der Waals surface area contributed by atoms with Gasteiger partial charge in [-0.25, -0.2) is 0 Å². The highest BCUT2D eigenvalue weighted by atomic mass is 16.5. The van der Waals surface area contributed by atoms with Crippen LogP contribution in [0.2, 0.25) is 0 Å². The molecule has 3 N–H and O–H groups in total. The van der Waals surface area contributed by atoms with E-state index < -0.39 is 12.0 Å². The number of H-pyrrole nitrogens is 1. The van der Waals surface area contributed by atoms with E-state index >= 15 is 0 Å². The maximum atomic E-state index is 11.6. The number of hydrogen-bond acceptors (Lipinski definition) is 3. The smallest absolute Gasteiger partial charge is 0.321 e. The fourth-order valence-electron chi connectivity index (χ4n) is 3.48. The summed E-state index contributed by atoms with van der Waals surface area (Å²) in [7, 11) is 1.63. The van der Waals surface area contributed by atoms with Gasteiger partial charge < -0.3 is 14.8 Å². The largest absolute Gasteiger partial charge is 0.497 e. The molecule has 0 unspecified atom stereocenters. The first-order valence-corrected chi connectivity index (χ1v) is 7.89. The normalized spacial score (nSPS) is 19.9. The third-order valence-corrected chi connectivity index (χ3v) is 4.64. The van der Waals surface area contributed by atoms with Crippen LogP contribution in [0.25, 0.3) is 10.9 Å². The molecule has 3 aromatic rings. The molecule has 1 aliphatic heterocycles. The molecule has 5 heteroatoms. The summed E-state index contributed by atoms with van der Waals surface area (Å²) < 4.78 is 5.31.